The number of carbonyl (C=O) groups excluding carboxylic acids is 3. The molecule has 0 bridgehead atoms. The van der Waals surface area contributed by atoms with Gasteiger partial charge in [-0.1, -0.05) is 29.3 Å². The standard InChI is InChI=1S/C15H18Cl2N2O4/c1-3-18-15(22)9(2)19-13(20)8-23-14(21)7-10-4-5-11(16)12(17)6-10/h4-6,9H,3,7-8H2,1-2H3,(H,18,22)(H,19,20)/t9-/m1/s1. The summed E-state index contributed by atoms with van der Waals surface area (Å²) in [5, 5.41) is 5.74. The third-order valence-electron chi connectivity index (χ3n) is 2.82. The molecule has 1 atom stereocenters. The Hall–Kier alpha value is -1.79. The van der Waals surface area contributed by atoms with Crippen molar-refractivity contribution in [2.75, 3.05) is 13.2 Å². The lowest BCUT2D eigenvalue weighted by Crippen LogP contribution is -2.46. The van der Waals surface area contributed by atoms with Crippen molar-refractivity contribution in [2.24, 2.45) is 0 Å². The normalized spacial score (nSPS) is 11.5. The molecule has 23 heavy (non-hydrogen) atoms. The van der Waals surface area contributed by atoms with Crippen LogP contribution in [0.5, 0.6) is 0 Å². The van der Waals surface area contributed by atoms with Crippen LogP contribution < -0.4 is 10.6 Å². The number of ether oxygens (including phenoxy) is 1. The lowest BCUT2D eigenvalue weighted by molar-refractivity contribution is -0.148. The van der Waals surface area contributed by atoms with Crippen molar-refractivity contribution in [1.82, 2.24) is 10.6 Å². The van der Waals surface area contributed by atoms with Crippen molar-refractivity contribution in [3.8, 4) is 0 Å². The average Bonchev–Trinajstić information content (AvgIpc) is 2.49. The van der Waals surface area contributed by atoms with Gasteiger partial charge in [0, 0.05) is 6.54 Å². The second-order valence-corrected chi connectivity index (χ2v) is 5.58. The van der Waals surface area contributed by atoms with Crippen LogP contribution in [-0.2, 0) is 25.5 Å². The molecule has 0 spiro atoms. The van der Waals surface area contributed by atoms with Crippen LogP contribution in [-0.4, -0.2) is 37.0 Å². The Kier molecular flexibility index (Phi) is 7.85. The number of carbonyl (C=O) groups is 3. The topological polar surface area (TPSA) is 84.5 Å². The first-order valence-corrected chi connectivity index (χ1v) is 7.75. The number of hydrogen-bond acceptors (Lipinski definition) is 4. The first kappa shape index (κ1) is 19.3. The molecule has 0 aromatic heterocycles. The van der Waals surface area contributed by atoms with Crippen LogP contribution in [0.3, 0.4) is 0 Å². The summed E-state index contributed by atoms with van der Waals surface area (Å²) in [6.45, 7) is 3.33. The fraction of sp³-hybridized carbons (Fsp3) is 0.400. The highest BCUT2D eigenvalue weighted by molar-refractivity contribution is 6.42. The fourth-order valence-electron chi connectivity index (χ4n) is 1.69. The summed E-state index contributed by atoms with van der Waals surface area (Å²) < 4.78 is 4.86. The van der Waals surface area contributed by atoms with Gasteiger partial charge in [-0.15, -0.1) is 0 Å². The third-order valence-corrected chi connectivity index (χ3v) is 3.56. The predicted octanol–water partition coefficient (Wildman–Crippen LogP) is 1.72. The number of nitrogens with one attached hydrogen (secondary N) is 2. The van der Waals surface area contributed by atoms with E-state index >= 15 is 0 Å². The maximum atomic E-state index is 11.7. The van der Waals surface area contributed by atoms with Crippen molar-refractivity contribution in [2.45, 2.75) is 26.3 Å². The van der Waals surface area contributed by atoms with E-state index in [1.54, 1.807) is 32.0 Å². The molecule has 2 amide bonds. The van der Waals surface area contributed by atoms with E-state index in [0.717, 1.165) is 0 Å². The minimum absolute atomic E-state index is 0.0317. The lowest BCUT2D eigenvalue weighted by atomic mass is 10.1. The van der Waals surface area contributed by atoms with E-state index in [0.29, 0.717) is 22.2 Å². The van der Waals surface area contributed by atoms with Gasteiger partial charge in [-0.05, 0) is 31.5 Å². The molecule has 0 saturated carbocycles. The van der Waals surface area contributed by atoms with Gasteiger partial charge in [0.25, 0.3) is 5.91 Å². The Balaban J connectivity index is 2.39. The molecule has 0 aliphatic heterocycles. The van der Waals surface area contributed by atoms with Crippen molar-refractivity contribution >= 4 is 41.0 Å². The molecule has 0 unspecified atom stereocenters. The highest BCUT2D eigenvalue weighted by atomic mass is 35.5. The zero-order valence-corrected chi connectivity index (χ0v) is 14.3. The molecule has 0 fully saturated rings. The largest absolute Gasteiger partial charge is 0.455 e. The summed E-state index contributed by atoms with van der Waals surface area (Å²) in [5.41, 5.74) is 0.625. The molecule has 2 N–H and O–H groups in total. The molecule has 0 saturated heterocycles. The molecule has 0 heterocycles. The quantitative estimate of drug-likeness (QED) is 0.725. The van der Waals surface area contributed by atoms with Gasteiger partial charge in [0.05, 0.1) is 16.5 Å². The van der Waals surface area contributed by atoms with Crippen molar-refractivity contribution in [3.05, 3.63) is 33.8 Å². The highest BCUT2D eigenvalue weighted by Gasteiger charge is 2.16. The summed E-state index contributed by atoms with van der Waals surface area (Å²) in [5.74, 6) is -1.43. The van der Waals surface area contributed by atoms with Gasteiger partial charge in [0.15, 0.2) is 6.61 Å². The molecule has 126 valence electrons. The summed E-state index contributed by atoms with van der Waals surface area (Å²) in [7, 11) is 0. The van der Waals surface area contributed by atoms with E-state index < -0.39 is 24.5 Å². The Morgan fingerprint density at radius 1 is 1.22 bits per heavy atom. The van der Waals surface area contributed by atoms with Gasteiger partial charge in [0.1, 0.15) is 6.04 Å². The Bertz CT molecular complexity index is 593. The van der Waals surface area contributed by atoms with Crippen LogP contribution >= 0.6 is 23.2 Å². The average molecular weight is 361 g/mol. The number of esters is 1. The summed E-state index contributed by atoms with van der Waals surface area (Å²) in [6, 6.07) is 4.08. The minimum atomic E-state index is -0.698. The van der Waals surface area contributed by atoms with E-state index in [2.05, 4.69) is 10.6 Å². The third kappa shape index (κ3) is 6.88. The fourth-order valence-corrected chi connectivity index (χ4v) is 2.01. The smallest absolute Gasteiger partial charge is 0.310 e. The summed E-state index contributed by atoms with van der Waals surface area (Å²) in [4.78, 5) is 34.7. The summed E-state index contributed by atoms with van der Waals surface area (Å²) >= 11 is 11.6. The zero-order chi connectivity index (χ0) is 17.4. The molecule has 8 heteroatoms. The monoisotopic (exact) mass is 360 g/mol. The maximum absolute atomic E-state index is 11.7. The van der Waals surface area contributed by atoms with Crippen molar-refractivity contribution < 1.29 is 19.1 Å². The predicted molar refractivity (Wildman–Crippen MR) is 87.4 cm³/mol. The molecule has 0 radical (unpaired) electrons. The Labute approximate surface area is 144 Å². The first-order chi connectivity index (χ1) is 10.8. The van der Waals surface area contributed by atoms with E-state index in [4.69, 9.17) is 27.9 Å². The SMILES string of the molecule is CCNC(=O)[C@@H](C)NC(=O)COC(=O)Cc1ccc(Cl)c(Cl)c1. The number of amides is 2. The van der Waals surface area contributed by atoms with Crippen LogP contribution in [0, 0.1) is 0 Å². The first-order valence-electron chi connectivity index (χ1n) is 7.00. The molecule has 0 aliphatic rings. The molecule has 6 nitrogen and oxygen atoms in total. The van der Waals surface area contributed by atoms with E-state index in [1.807, 2.05) is 0 Å². The number of rotatable bonds is 7. The Morgan fingerprint density at radius 3 is 2.52 bits per heavy atom. The van der Waals surface area contributed by atoms with Gasteiger partial charge < -0.3 is 15.4 Å². The van der Waals surface area contributed by atoms with Gasteiger partial charge in [-0.3, -0.25) is 14.4 Å². The molecular weight excluding hydrogens is 343 g/mol. The van der Waals surface area contributed by atoms with E-state index in [9.17, 15) is 14.4 Å². The van der Waals surface area contributed by atoms with Crippen molar-refractivity contribution in [3.63, 3.8) is 0 Å². The van der Waals surface area contributed by atoms with Crippen LogP contribution in [0.4, 0.5) is 0 Å². The number of hydrogen-bond donors (Lipinski definition) is 2. The van der Waals surface area contributed by atoms with Crippen LogP contribution in [0.25, 0.3) is 0 Å². The maximum Gasteiger partial charge on any atom is 0.310 e. The highest BCUT2D eigenvalue weighted by Crippen LogP contribution is 2.22. The number of benzene rings is 1. The van der Waals surface area contributed by atoms with Crippen LogP contribution in [0.1, 0.15) is 19.4 Å². The molecular formula is C15H18Cl2N2O4. The van der Waals surface area contributed by atoms with Crippen LogP contribution in [0.15, 0.2) is 18.2 Å². The van der Waals surface area contributed by atoms with E-state index in [1.165, 1.54) is 0 Å². The van der Waals surface area contributed by atoms with Gasteiger partial charge in [0.2, 0.25) is 5.91 Å². The van der Waals surface area contributed by atoms with Crippen molar-refractivity contribution in [1.29, 1.82) is 0 Å². The number of halogens is 2. The number of likely N-dealkylation sites (N-methyl/N-ethyl adjacent to an activating group) is 1. The molecule has 1 aromatic carbocycles. The second-order valence-electron chi connectivity index (χ2n) is 4.77. The van der Waals surface area contributed by atoms with Crippen LogP contribution in [0.2, 0.25) is 10.0 Å². The van der Waals surface area contributed by atoms with E-state index in [-0.39, 0.29) is 12.3 Å². The minimum Gasteiger partial charge on any atom is -0.455 e. The molecule has 1 aromatic rings. The van der Waals surface area contributed by atoms with Gasteiger partial charge in [-0.25, -0.2) is 0 Å². The Morgan fingerprint density at radius 2 is 1.91 bits per heavy atom. The molecule has 0 aliphatic carbocycles. The second kappa shape index (κ2) is 9.37. The van der Waals surface area contributed by atoms with Gasteiger partial charge in [-0.2, -0.15) is 0 Å². The lowest BCUT2D eigenvalue weighted by Gasteiger charge is -2.13. The zero-order valence-electron chi connectivity index (χ0n) is 12.8. The summed E-state index contributed by atoms with van der Waals surface area (Å²) in [6.07, 6.45) is -0.0317. The molecule has 1 rings (SSSR count). The van der Waals surface area contributed by atoms with Gasteiger partial charge >= 0.3 is 5.97 Å².